The van der Waals surface area contributed by atoms with Gasteiger partial charge in [0.2, 0.25) is 5.91 Å². The molecule has 3 rings (SSSR count). The SMILES string of the molecule is CC(=O)N(C(=O)C(=O)Nc1cccc2cccnc12)c1cccc(N)c1. The van der Waals surface area contributed by atoms with Gasteiger partial charge in [0.15, 0.2) is 0 Å². The number of nitrogen functional groups attached to an aromatic ring is 1. The molecule has 0 unspecified atom stereocenters. The molecule has 7 heteroatoms. The number of nitrogens with zero attached hydrogens (tertiary/aromatic N) is 2. The summed E-state index contributed by atoms with van der Waals surface area (Å²) in [6.45, 7) is 1.20. The number of nitrogens with two attached hydrogens (primary N) is 1. The third-order valence-electron chi connectivity index (χ3n) is 3.72. The summed E-state index contributed by atoms with van der Waals surface area (Å²) in [6.07, 6.45) is 1.59. The molecule has 3 N–H and O–H groups in total. The second-order valence-corrected chi connectivity index (χ2v) is 5.59. The van der Waals surface area contributed by atoms with Crippen molar-refractivity contribution in [2.24, 2.45) is 0 Å². The quantitative estimate of drug-likeness (QED) is 0.546. The fourth-order valence-corrected chi connectivity index (χ4v) is 2.59. The van der Waals surface area contributed by atoms with Gasteiger partial charge >= 0.3 is 11.8 Å². The Balaban J connectivity index is 1.90. The van der Waals surface area contributed by atoms with Gasteiger partial charge in [0.1, 0.15) is 0 Å². The van der Waals surface area contributed by atoms with Crippen LogP contribution in [0.4, 0.5) is 17.1 Å². The molecule has 130 valence electrons. The summed E-state index contributed by atoms with van der Waals surface area (Å²) >= 11 is 0. The minimum absolute atomic E-state index is 0.230. The van der Waals surface area contributed by atoms with Crippen LogP contribution in [0.15, 0.2) is 60.8 Å². The maximum absolute atomic E-state index is 12.6. The molecule has 0 atom stereocenters. The predicted octanol–water partition coefficient (Wildman–Crippen LogP) is 2.34. The van der Waals surface area contributed by atoms with E-state index in [2.05, 4.69) is 10.3 Å². The number of hydrogen-bond acceptors (Lipinski definition) is 5. The minimum atomic E-state index is -1.00. The molecule has 0 saturated carbocycles. The maximum Gasteiger partial charge on any atom is 0.323 e. The van der Waals surface area contributed by atoms with Crippen LogP contribution in [0, 0.1) is 0 Å². The number of imide groups is 1. The van der Waals surface area contributed by atoms with Gasteiger partial charge in [-0.3, -0.25) is 19.4 Å². The molecular formula is C19H16N4O3. The fourth-order valence-electron chi connectivity index (χ4n) is 2.59. The van der Waals surface area contributed by atoms with E-state index in [4.69, 9.17) is 5.73 Å². The Morgan fingerprint density at radius 3 is 2.50 bits per heavy atom. The van der Waals surface area contributed by atoms with Crippen molar-refractivity contribution in [3.8, 4) is 0 Å². The van der Waals surface area contributed by atoms with Gasteiger partial charge in [0.25, 0.3) is 0 Å². The molecule has 0 aliphatic carbocycles. The van der Waals surface area contributed by atoms with Crippen molar-refractivity contribution in [2.45, 2.75) is 6.92 Å². The van der Waals surface area contributed by atoms with Gasteiger partial charge in [-0.25, -0.2) is 4.90 Å². The van der Waals surface area contributed by atoms with Crippen molar-refractivity contribution in [3.63, 3.8) is 0 Å². The summed E-state index contributed by atoms with van der Waals surface area (Å²) in [7, 11) is 0. The molecule has 0 aliphatic rings. The number of rotatable bonds is 2. The molecule has 0 fully saturated rings. The number of anilines is 3. The molecule has 7 nitrogen and oxygen atoms in total. The molecule has 0 radical (unpaired) electrons. The van der Waals surface area contributed by atoms with E-state index in [0.29, 0.717) is 16.9 Å². The monoisotopic (exact) mass is 348 g/mol. The summed E-state index contributed by atoms with van der Waals surface area (Å²) in [5.74, 6) is -2.54. The van der Waals surface area contributed by atoms with E-state index in [9.17, 15) is 14.4 Å². The summed E-state index contributed by atoms with van der Waals surface area (Å²) in [6, 6.07) is 15.0. The van der Waals surface area contributed by atoms with Crippen LogP contribution in [0.3, 0.4) is 0 Å². The van der Waals surface area contributed by atoms with Crippen molar-refractivity contribution in [3.05, 3.63) is 60.8 Å². The lowest BCUT2D eigenvalue weighted by Crippen LogP contribution is -2.42. The zero-order valence-corrected chi connectivity index (χ0v) is 14.0. The number of carbonyl (C=O) groups is 3. The van der Waals surface area contributed by atoms with Crippen molar-refractivity contribution >= 4 is 45.7 Å². The molecular weight excluding hydrogens is 332 g/mol. The highest BCUT2D eigenvalue weighted by Crippen LogP contribution is 2.22. The van der Waals surface area contributed by atoms with Crippen molar-refractivity contribution in [1.29, 1.82) is 0 Å². The molecule has 0 spiro atoms. The van der Waals surface area contributed by atoms with Crippen molar-refractivity contribution in [2.75, 3.05) is 16.0 Å². The Labute approximate surface area is 149 Å². The van der Waals surface area contributed by atoms with E-state index in [-0.39, 0.29) is 5.69 Å². The lowest BCUT2D eigenvalue weighted by Gasteiger charge is -2.19. The van der Waals surface area contributed by atoms with Crippen LogP contribution in [0.2, 0.25) is 0 Å². The zero-order valence-electron chi connectivity index (χ0n) is 14.0. The number of para-hydroxylation sites is 1. The van der Waals surface area contributed by atoms with Crippen LogP contribution in [0.5, 0.6) is 0 Å². The van der Waals surface area contributed by atoms with Crippen LogP contribution >= 0.6 is 0 Å². The van der Waals surface area contributed by atoms with E-state index in [1.165, 1.54) is 19.1 Å². The van der Waals surface area contributed by atoms with Crippen molar-refractivity contribution < 1.29 is 14.4 Å². The summed E-state index contributed by atoms with van der Waals surface area (Å²) < 4.78 is 0. The first-order chi connectivity index (χ1) is 12.5. The van der Waals surface area contributed by atoms with Gasteiger partial charge in [-0.2, -0.15) is 0 Å². The Morgan fingerprint density at radius 1 is 1.04 bits per heavy atom. The lowest BCUT2D eigenvalue weighted by molar-refractivity contribution is -0.136. The smallest absolute Gasteiger partial charge is 0.323 e. The second kappa shape index (κ2) is 7.02. The molecule has 1 heterocycles. The highest BCUT2D eigenvalue weighted by Gasteiger charge is 2.27. The average molecular weight is 348 g/mol. The van der Waals surface area contributed by atoms with E-state index in [0.717, 1.165) is 10.3 Å². The maximum atomic E-state index is 12.6. The van der Waals surface area contributed by atoms with Gasteiger partial charge < -0.3 is 11.1 Å². The number of pyridine rings is 1. The number of benzene rings is 2. The van der Waals surface area contributed by atoms with E-state index in [1.54, 1.807) is 36.5 Å². The van der Waals surface area contributed by atoms with Gasteiger partial charge in [0, 0.05) is 24.2 Å². The highest BCUT2D eigenvalue weighted by atomic mass is 16.2. The molecule has 2 aromatic carbocycles. The topological polar surface area (TPSA) is 105 Å². The number of carbonyl (C=O) groups excluding carboxylic acids is 3. The Kier molecular flexibility index (Phi) is 4.62. The largest absolute Gasteiger partial charge is 0.399 e. The fraction of sp³-hybridized carbons (Fsp3) is 0.0526. The van der Waals surface area contributed by atoms with Gasteiger partial charge in [-0.15, -0.1) is 0 Å². The molecule has 26 heavy (non-hydrogen) atoms. The van der Waals surface area contributed by atoms with Crippen LogP contribution in [0.25, 0.3) is 10.9 Å². The third kappa shape index (κ3) is 3.36. The van der Waals surface area contributed by atoms with E-state index in [1.807, 2.05) is 12.1 Å². The van der Waals surface area contributed by atoms with E-state index < -0.39 is 17.7 Å². The first kappa shape index (κ1) is 17.1. The van der Waals surface area contributed by atoms with Crippen LogP contribution in [0.1, 0.15) is 6.92 Å². The number of nitrogens with one attached hydrogen (secondary N) is 1. The summed E-state index contributed by atoms with van der Waals surface area (Å²) in [5.41, 5.74) is 7.24. The Bertz CT molecular complexity index is 1010. The molecule has 3 aromatic rings. The Morgan fingerprint density at radius 2 is 1.77 bits per heavy atom. The van der Waals surface area contributed by atoms with Gasteiger partial charge in [-0.05, 0) is 30.3 Å². The third-order valence-corrected chi connectivity index (χ3v) is 3.72. The second-order valence-electron chi connectivity index (χ2n) is 5.59. The van der Waals surface area contributed by atoms with Crippen LogP contribution in [-0.2, 0) is 14.4 Å². The Hall–Kier alpha value is -3.74. The highest BCUT2D eigenvalue weighted by molar-refractivity contribution is 6.48. The number of hydrogen-bond donors (Lipinski definition) is 2. The first-order valence-electron chi connectivity index (χ1n) is 7.82. The number of amides is 3. The standard InChI is InChI=1S/C19H16N4O3/c1-12(24)23(15-8-3-7-14(20)11-15)19(26)18(25)22-16-9-2-5-13-6-4-10-21-17(13)16/h2-11H,20H2,1H3,(H,22,25). The lowest BCUT2D eigenvalue weighted by atomic mass is 10.2. The van der Waals surface area contributed by atoms with Gasteiger partial charge in [0.05, 0.1) is 16.9 Å². The number of fused-ring (bicyclic) bond motifs is 1. The van der Waals surface area contributed by atoms with Crippen LogP contribution < -0.4 is 16.0 Å². The van der Waals surface area contributed by atoms with Crippen molar-refractivity contribution in [1.82, 2.24) is 4.98 Å². The molecule has 3 amide bonds. The first-order valence-corrected chi connectivity index (χ1v) is 7.82. The van der Waals surface area contributed by atoms with Gasteiger partial charge in [-0.1, -0.05) is 24.3 Å². The number of aromatic nitrogens is 1. The summed E-state index contributed by atoms with van der Waals surface area (Å²) in [4.78, 5) is 42.0. The molecule has 0 bridgehead atoms. The normalized spacial score (nSPS) is 10.3. The van der Waals surface area contributed by atoms with E-state index >= 15 is 0 Å². The average Bonchev–Trinajstić information content (AvgIpc) is 2.62. The molecule has 1 aromatic heterocycles. The molecule has 0 saturated heterocycles. The van der Waals surface area contributed by atoms with Crippen LogP contribution in [-0.4, -0.2) is 22.7 Å². The minimum Gasteiger partial charge on any atom is -0.399 e. The summed E-state index contributed by atoms with van der Waals surface area (Å²) in [5, 5.41) is 3.34. The zero-order chi connectivity index (χ0) is 18.7. The predicted molar refractivity (Wildman–Crippen MR) is 99.4 cm³/mol. The molecule has 0 aliphatic heterocycles.